The zero-order chi connectivity index (χ0) is 21.3. The summed E-state index contributed by atoms with van der Waals surface area (Å²) in [6.07, 6.45) is 1.23. The van der Waals surface area contributed by atoms with Crippen molar-refractivity contribution in [3.63, 3.8) is 0 Å². The summed E-state index contributed by atoms with van der Waals surface area (Å²) < 4.78 is 28.3. The van der Waals surface area contributed by atoms with Gasteiger partial charge in [0, 0.05) is 25.3 Å². The van der Waals surface area contributed by atoms with E-state index in [0.29, 0.717) is 24.9 Å². The molecular weight excluding hydrogens is 397 g/mol. The predicted molar refractivity (Wildman–Crippen MR) is 111 cm³/mol. The van der Waals surface area contributed by atoms with Gasteiger partial charge < -0.3 is 15.0 Å². The fourth-order valence-electron chi connectivity index (χ4n) is 3.36. The van der Waals surface area contributed by atoms with E-state index < -0.39 is 19.3 Å². The second-order valence-electron chi connectivity index (χ2n) is 7.63. The molecule has 1 fully saturated rings. The van der Waals surface area contributed by atoms with Crippen molar-refractivity contribution in [3.8, 4) is 0 Å². The second kappa shape index (κ2) is 8.53. The van der Waals surface area contributed by atoms with Crippen LogP contribution in [0.25, 0.3) is 11.2 Å². The van der Waals surface area contributed by atoms with E-state index in [1.54, 1.807) is 23.3 Å². The first kappa shape index (κ1) is 21.9. The lowest BCUT2D eigenvalue weighted by Gasteiger charge is -2.40. The van der Waals surface area contributed by atoms with Gasteiger partial charge in [0.15, 0.2) is 11.2 Å². The van der Waals surface area contributed by atoms with E-state index in [1.807, 2.05) is 6.92 Å². The van der Waals surface area contributed by atoms with Crippen LogP contribution in [0.4, 0.5) is 5.95 Å². The SMILES string of the molecule is CCP(=O)(OC[C@@H]1CN(C(C)C)C[C@H](n2cnc3c(=O)[nH]c(N)nc32)O1)N(C)C. The minimum Gasteiger partial charge on any atom is -0.369 e. The number of rotatable bonds is 7. The van der Waals surface area contributed by atoms with Gasteiger partial charge in [-0.15, -0.1) is 0 Å². The summed E-state index contributed by atoms with van der Waals surface area (Å²) >= 11 is 0. The Morgan fingerprint density at radius 1 is 1.45 bits per heavy atom. The van der Waals surface area contributed by atoms with Gasteiger partial charge in [-0.05, 0) is 27.9 Å². The van der Waals surface area contributed by atoms with E-state index >= 15 is 0 Å². The molecule has 0 saturated carbocycles. The molecule has 1 aliphatic rings. The van der Waals surface area contributed by atoms with Gasteiger partial charge in [-0.1, -0.05) is 6.92 Å². The van der Waals surface area contributed by atoms with Crippen molar-refractivity contribution in [3.05, 3.63) is 16.7 Å². The Kier molecular flexibility index (Phi) is 6.45. The monoisotopic (exact) mass is 427 g/mol. The van der Waals surface area contributed by atoms with E-state index in [0.717, 1.165) is 0 Å². The highest BCUT2D eigenvalue weighted by Crippen LogP contribution is 2.48. The normalized spacial score (nSPS) is 23.1. The number of morpholine rings is 1. The zero-order valence-electron chi connectivity index (χ0n) is 17.5. The lowest BCUT2D eigenvalue weighted by Crippen LogP contribution is -2.49. The molecule has 2 aromatic rings. The molecule has 3 rings (SSSR count). The highest BCUT2D eigenvalue weighted by molar-refractivity contribution is 7.56. The maximum absolute atomic E-state index is 12.9. The van der Waals surface area contributed by atoms with Crippen LogP contribution in [0, 0.1) is 0 Å². The number of ether oxygens (including phenoxy) is 1. The maximum Gasteiger partial charge on any atom is 0.280 e. The van der Waals surface area contributed by atoms with Crippen molar-refractivity contribution in [2.24, 2.45) is 0 Å². The number of nitrogens with one attached hydrogen (secondary N) is 1. The van der Waals surface area contributed by atoms with Crippen molar-refractivity contribution >= 4 is 24.6 Å². The summed E-state index contributed by atoms with van der Waals surface area (Å²) in [6.45, 7) is 7.48. The van der Waals surface area contributed by atoms with Crippen LogP contribution >= 0.6 is 7.52 Å². The molecule has 0 amide bonds. The number of nitrogen functional groups attached to an aromatic ring is 1. The summed E-state index contributed by atoms with van der Waals surface area (Å²) in [5, 5.41) is 0. The Morgan fingerprint density at radius 2 is 2.17 bits per heavy atom. The molecule has 3 heterocycles. The van der Waals surface area contributed by atoms with Crippen molar-refractivity contribution in [1.82, 2.24) is 29.1 Å². The minimum absolute atomic E-state index is 0.0236. The highest BCUT2D eigenvalue weighted by atomic mass is 31.2. The largest absolute Gasteiger partial charge is 0.369 e. The number of aromatic amines is 1. The van der Waals surface area contributed by atoms with E-state index in [-0.39, 0.29) is 30.2 Å². The molecule has 29 heavy (non-hydrogen) atoms. The van der Waals surface area contributed by atoms with Gasteiger partial charge >= 0.3 is 0 Å². The lowest BCUT2D eigenvalue weighted by atomic mass is 10.2. The standard InChI is InChI=1S/C17H30N7O4P/c1-6-29(26,22(4)5)27-9-12-7-23(11(2)3)8-13(28-12)24-10-19-14-15(24)20-17(18)21-16(14)25/h10-13H,6-9H2,1-5H3,(H3,18,20,21,25)/t12-,13+,29?/m0/s1. The van der Waals surface area contributed by atoms with Gasteiger partial charge in [-0.2, -0.15) is 4.98 Å². The third-order valence-electron chi connectivity index (χ3n) is 5.14. The zero-order valence-corrected chi connectivity index (χ0v) is 18.4. The number of fused-ring (bicyclic) bond motifs is 1. The van der Waals surface area contributed by atoms with E-state index in [2.05, 4.69) is 33.7 Å². The number of anilines is 1. The molecule has 0 bridgehead atoms. The fraction of sp³-hybridized carbons (Fsp3) is 0.706. The number of H-pyrrole nitrogens is 1. The molecule has 11 nitrogen and oxygen atoms in total. The number of nitrogens with zero attached hydrogens (tertiary/aromatic N) is 5. The van der Waals surface area contributed by atoms with E-state index in [1.165, 1.54) is 6.33 Å². The van der Waals surface area contributed by atoms with Crippen LogP contribution in [0.5, 0.6) is 0 Å². The first-order valence-electron chi connectivity index (χ1n) is 9.67. The number of hydrogen-bond donors (Lipinski definition) is 2. The molecule has 3 atom stereocenters. The first-order valence-corrected chi connectivity index (χ1v) is 11.4. The van der Waals surface area contributed by atoms with Gasteiger partial charge in [0.25, 0.3) is 13.1 Å². The molecule has 1 aliphatic heterocycles. The van der Waals surface area contributed by atoms with Crippen molar-refractivity contribution in [1.29, 1.82) is 0 Å². The minimum atomic E-state index is -2.87. The highest BCUT2D eigenvalue weighted by Gasteiger charge is 2.34. The van der Waals surface area contributed by atoms with Crippen LogP contribution in [0.1, 0.15) is 27.0 Å². The molecular formula is C17H30N7O4P. The molecule has 1 saturated heterocycles. The summed E-state index contributed by atoms with van der Waals surface area (Å²) in [5.41, 5.74) is 5.90. The molecule has 0 aromatic carbocycles. The van der Waals surface area contributed by atoms with Crippen LogP contribution in [0.3, 0.4) is 0 Å². The Morgan fingerprint density at radius 3 is 2.79 bits per heavy atom. The Hall–Kier alpha value is -1.78. The molecule has 0 aliphatic carbocycles. The summed E-state index contributed by atoms with van der Waals surface area (Å²) in [7, 11) is 0.628. The third-order valence-corrected chi connectivity index (χ3v) is 7.71. The van der Waals surface area contributed by atoms with Crippen molar-refractivity contribution < 1.29 is 13.8 Å². The van der Waals surface area contributed by atoms with Crippen molar-refractivity contribution in [2.45, 2.75) is 39.1 Å². The predicted octanol–water partition coefficient (Wildman–Crippen LogP) is 1.10. The smallest absolute Gasteiger partial charge is 0.280 e. The van der Waals surface area contributed by atoms with E-state index in [9.17, 15) is 9.36 Å². The summed E-state index contributed by atoms with van der Waals surface area (Å²) in [6, 6.07) is 0.270. The lowest BCUT2D eigenvalue weighted by molar-refractivity contribution is -0.136. The quantitative estimate of drug-likeness (QED) is 0.624. The molecule has 0 spiro atoms. The van der Waals surface area contributed by atoms with Crippen LogP contribution in [0.15, 0.2) is 11.1 Å². The van der Waals surface area contributed by atoms with Crippen LogP contribution < -0.4 is 11.3 Å². The molecule has 162 valence electrons. The Bertz CT molecular complexity index is 957. The molecule has 0 radical (unpaired) electrons. The van der Waals surface area contributed by atoms with Crippen molar-refractivity contribution in [2.75, 3.05) is 45.7 Å². The fourth-order valence-corrected chi connectivity index (χ4v) is 4.73. The molecule has 12 heteroatoms. The summed E-state index contributed by atoms with van der Waals surface area (Å²) in [4.78, 5) is 25.2. The average Bonchev–Trinajstić information content (AvgIpc) is 3.09. The van der Waals surface area contributed by atoms with Gasteiger partial charge in [-0.3, -0.25) is 23.8 Å². The molecule has 2 aromatic heterocycles. The number of aromatic nitrogens is 4. The first-order chi connectivity index (χ1) is 13.6. The Labute approximate surface area is 169 Å². The molecule has 1 unspecified atom stereocenters. The van der Waals surface area contributed by atoms with Gasteiger partial charge in [0.1, 0.15) is 6.23 Å². The van der Waals surface area contributed by atoms with Crippen LogP contribution in [-0.2, 0) is 13.8 Å². The van der Waals surface area contributed by atoms with Gasteiger partial charge in [0.05, 0.1) is 19.0 Å². The topological polar surface area (TPSA) is 132 Å². The van der Waals surface area contributed by atoms with Crippen LogP contribution in [0.2, 0.25) is 0 Å². The van der Waals surface area contributed by atoms with Crippen LogP contribution in [-0.4, -0.2) is 81.2 Å². The molecule has 3 N–H and O–H groups in total. The maximum atomic E-state index is 12.9. The second-order valence-corrected chi connectivity index (χ2v) is 10.6. The summed E-state index contributed by atoms with van der Waals surface area (Å²) in [5.74, 6) is 0.0236. The number of nitrogens with two attached hydrogens (primary N) is 1. The average molecular weight is 427 g/mol. The van der Waals surface area contributed by atoms with E-state index in [4.69, 9.17) is 15.0 Å². The number of hydrogen-bond acceptors (Lipinski definition) is 8. The van der Waals surface area contributed by atoms with Gasteiger partial charge in [0.2, 0.25) is 5.95 Å². The Balaban J connectivity index is 1.86. The van der Waals surface area contributed by atoms with Gasteiger partial charge in [-0.25, -0.2) is 9.65 Å². The third kappa shape index (κ3) is 4.54. The number of imidazole rings is 1.